The fourth-order valence-corrected chi connectivity index (χ4v) is 1.24. The Labute approximate surface area is 98.3 Å². The van der Waals surface area contributed by atoms with Crippen LogP contribution in [-0.4, -0.2) is 11.1 Å². The van der Waals surface area contributed by atoms with Crippen LogP contribution in [0.25, 0.3) is 0 Å². The molecular weight excluding hydrogens is 200 g/mol. The first kappa shape index (κ1) is 14.7. The first-order chi connectivity index (χ1) is 7.47. The van der Waals surface area contributed by atoms with E-state index >= 15 is 0 Å². The Morgan fingerprint density at radius 3 is 2.25 bits per heavy atom. The molecule has 0 saturated heterocycles. The molecule has 1 aromatic carbocycles. The number of aryl methyl sites for hydroxylation is 1. The van der Waals surface area contributed by atoms with Gasteiger partial charge in [-0.15, -0.1) is 0 Å². The number of hydrogen-bond acceptors (Lipinski definition) is 1. The van der Waals surface area contributed by atoms with Crippen LogP contribution in [0.3, 0.4) is 0 Å². The predicted molar refractivity (Wildman–Crippen MR) is 67.8 cm³/mol. The topological polar surface area (TPSA) is 37.3 Å². The summed E-state index contributed by atoms with van der Waals surface area (Å²) in [6.45, 7) is 8.41. The molecule has 0 unspecified atom stereocenters. The summed E-state index contributed by atoms with van der Waals surface area (Å²) in [4.78, 5) is 9.60. The molecule has 2 nitrogen and oxygen atoms in total. The second-order valence-electron chi connectivity index (χ2n) is 4.21. The zero-order valence-electron chi connectivity index (χ0n) is 10.7. The summed E-state index contributed by atoms with van der Waals surface area (Å²) in [5.41, 5.74) is 2.78. The molecular formula is C14H22O2. The van der Waals surface area contributed by atoms with Crippen LogP contribution in [0.4, 0.5) is 0 Å². The molecule has 0 atom stereocenters. The lowest BCUT2D eigenvalue weighted by Crippen LogP contribution is -1.90. The second kappa shape index (κ2) is 7.91. The van der Waals surface area contributed by atoms with E-state index < -0.39 is 5.97 Å². The third-order valence-electron chi connectivity index (χ3n) is 2.17. The van der Waals surface area contributed by atoms with Crippen molar-refractivity contribution in [1.82, 2.24) is 0 Å². The smallest absolute Gasteiger partial charge is 0.303 e. The van der Waals surface area contributed by atoms with E-state index in [0.29, 0.717) is 12.3 Å². The van der Waals surface area contributed by atoms with Gasteiger partial charge in [-0.05, 0) is 24.8 Å². The van der Waals surface area contributed by atoms with Gasteiger partial charge in [0.05, 0.1) is 0 Å². The monoisotopic (exact) mass is 222 g/mol. The first-order valence-corrected chi connectivity index (χ1v) is 5.75. The number of carboxylic acid groups (broad SMARTS) is 1. The zero-order chi connectivity index (χ0) is 12.6. The van der Waals surface area contributed by atoms with Gasteiger partial charge in [-0.1, -0.05) is 50.6 Å². The molecule has 0 bridgehead atoms. The van der Waals surface area contributed by atoms with Gasteiger partial charge in [0.2, 0.25) is 0 Å². The number of hydrogen-bond donors (Lipinski definition) is 1. The average molecular weight is 222 g/mol. The highest BCUT2D eigenvalue weighted by molar-refractivity contribution is 5.66. The summed E-state index contributed by atoms with van der Waals surface area (Å²) >= 11 is 0. The first-order valence-electron chi connectivity index (χ1n) is 5.75. The molecule has 2 heteroatoms. The van der Waals surface area contributed by atoms with Crippen LogP contribution in [0.2, 0.25) is 0 Å². The molecule has 16 heavy (non-hydrogen) atoms. The Kier molecular flexibility index (Phi) is 7.27. The van der Waals surface area contributed by atoms with Crippen molar-refractivity contribution in [1.29, 1.82) is 0 Å². The van der Waals surface area contributed by atoms with Crippen LogP contribution in [0.5, 0.6) is 0 Å². The number of rotatable bonds is 3. The molecule has 0 aliphatic rings. The van der Waals surface area contributed by atoms with E-state index in [2.05, 4.69) is 45.0 Å². The minimum Gasteiger partial charge on any atom is -0.481 e. The van der Waals surface area contributed by atoms with Crippen LogP contribution in [-0.2, 0) is 4.79 Å². The van der Waals surface area contributed by atoms with Crippen molar-refractivity contribution >= 4 is 5.97 Å². The van der Waals surface area contributed by atoms with Crippen molar-refractivity contribution in [3.63, 3.8) is 0 Å². The van der Waals surface area contributed by atoms with Crippen molar-refractivity contribution in [2.45, 2.75) is 46.5 Å². The fourth-order valence-electron chi connectivity index (χ4n) is 1.24. The highest BCUT2D eigenvalue weighted by Gasteiger charge is 1.96. The molecule has 0 amide bonds. The number of aliphatic carboxylic acids is 1. The van der Waals surface area contributed by atoms with Gasteiger partial charge in [0.25, 0.3) is 0 Å². The minimum atomic E-state index is -0.711. The lowest BCUT2D eigenvalue weighted by atomic mass is 10.0. The van der Waals surface area contributed by atoms with Crippen molar-refractivity contribution in [3.05, 3.63) is 35.4 Å². The van der Waals surface area contributed by atoms with E-state index in [1.807, 2.05) is 6.92 Å². The van der Waals surface area contributed by atoms with Gasteiger partial charge >= 0.3 is 5.97 Å². The molecule has 0 aliphatic carbocycles. The molecule has 1 rings (SSSR count). The van der Waals surface area contributed by atoms with Crippen molar-refractivity contribution in [2.75, 3.05) is 0 Å². The lowest BCUT2D eigenvalue weighted by Gasteiger charge is -2.04. The Hall–Kier alpha value is -1.31. The zero-order valence-corrected chi connectivity index (χ0v) is 10.7. The maximum Gasteiger partial charge on any atom is 0.303 e. The standard InChI is InChI=1S/C10H14.C4H8O2/c1-8(2)10-6-4-5-9(3)7-10;1-2-3-4(5)6/h4-8H,1-3H3;2-3H2,1H3,(H,5,6). The van der Waals surface area contributed by atoms with E-state index in [0.717, 1.165) is 6.42 Å². The quantitative estimate of drug-likeness (QED) is 0.839. The Bertz CT molecular complexity index is 316. The Balaban J connectivity index is 0.000000325. The minimum absolute atomic E-state index is 0.292. The van der Waals surface area contributed by atoms with E-state index in [-0.39, 0.29) is 0 Å². The van der Waals surface area contributed by atoms with Gasteiger partial charge in [0.1, 0.15) is 0 Å². The van der Waals surface area contributed by atoms with Crippen molar-refractivity contribution in [3.8, 4) is 0 Å². The number of carbonyl (C=O) groups is 1. The van der Waals surface area contributed by atoms with Gasteiger partial charge in [-0.2, -0.15) is 0 Å². The van der Waals surface area contributed by atoms with Crippen LogP contribution >= 0.6 is 0 Å². The maximum absolute atomic E-state index is 9.60. The SMILES string of the molecule is CCCC(=O)O.Cc1cccc(C(C)C)c1. The van der Waals surface area contributed by atoms with E-state index in [4.69, 9.17) is 5.11 Å². The third-order valence-corrected chi connectivity index (χ3v) is 2.17. The van der Waals surface area contributed by atoms with E-state index in [1.54, 1.807) is 0 Å². The normalized spacial score (nSPS) is 9.56. The number of carboxylic acids is 1. The van der Waals surface area contributed by atoms with Gasteiger partial charge in [0, 0.05) is 6.42 Å². The second-order valence-corrected chi connectivity index (χ2v) is 4.21. The molecule has 1 N–H and O–H groups in total. The Morgan fingerprint density at radius 2 is 2.00 bits per heavy atom. The molecule has 0 aliphatic heterocycles. The Morgan fingerprint density at radius 1 is 1.38 bits per heavy atom. The van der Waals surface area contributed by atoms with Crippen molar-refractivity contribution < 1.29 is 9.90 Å². The molecule has 0 spiro atoms. The van der Waals surface area contributed by atoms with Gasteiger partial charge in [-0.3, -0.25) is 4.79 Å². The summed E-state index contributed by atoms with van der Waals surface area (Å²) in [5.74, 6) is -0.0580. The third kappa shape index (κ3) is 7.04. The van der Waals surface area contributed by atoms with Crippen LogP contribution in [0.1, 0.15) is 50.7 Å². The predicted octanol–water partition coefficient (Wildman–Crippen LogP) is 3.99. The largest absolute Gasteiger partial charge is 0.481 e. The van der Waals surface area contributed by atoms with Crippen LogP contribution in [0.15, 0.2) is 24.3 Å². The summed E-state index contributed by atoms with van der Waals surface area (Å²) in [7, 11) is 0. The van der Waals surface area contributed by atoms with E-state index in [9.17, 15) is 4.79 Å². The fraction of sp³-hybridized carbons (Fsp3) is 0.500. The summed E-state index contributed by atoms with van der Waals surface area (Å²) in [6.07, 6.45) is 1.02. The molecule has 0 radical (unpaired) electrons. The average Bonchev–Trinajstić information content (AvgIpc) is 2.18. The van der Waals surface area contributed by atoms with Gasteiger partial charge in [0.15, 0.2) is 0 Å². The molecule has 1 aromatic rings. The molecule has 0 fully saturated rings. The molecule has 0 aromatic heterocycles. The van der Waals surface area contributed by atoms with Gasteiger partial charge in [-0.25, -0.2) is 0 Å². The van der Waals surface area contributed by atoms with Crippen LogP contribution < -0.4 is 0 Å². The molecule has 0 heterocycles. The summed E-state index contributed by atoms with van der Waals surface area (Å²) in [5, 5.41) is 7.91. The maximum atomic E-state index is 9.60. The van der Waals surface area contributed by atoms with Crippen LogP contribution in [0, 0.1) is 6.92 Å². The summed E-state index contributed by atoms with van der Waals surface area (Å²) in [6, 6.07) is 8.67. The molecule has 0 saturated carbocycles. The summed E-state index contributed by atoms with van der Waals surface area (Å²) < 4.78 is 0. The van der Waals surface area contributed by atoms with Gasteiger partial charge < -0.3 is 5.11 Å². The van der Waals surface area contributed by atoms with E-state index in [1.165, 1.54) is 11.1 Å². The highest BCUT2D eigenvalue weighted by atomic mass is 16.4. The lowest BCUT2D eigenvalue weighted by molar-refractivity contribution is -0.137. The molecule has 90 valence electrons. The van der Waals surface area contributed by atoms with Crippen molar-refractivity contribution in [2.24, 2.45) is 0 Å². The number of benzene rings is 1. The highest BCUT2D eigenvalue weighted by Crippen LogP contribution is 2.14.